The van der Waals surface area contributed by atoms with Crippen LogP contribution < -0.4 is 15.4 Å². The van der Waals surface area contributed by atoms with Gasteiger partial charge in [-0.1, -0.05) is 12.1 Å². The van der Waals surface area contributed by atoms with Gasteiger partial charge in [0.05, 0.1) is 11.7 Å². The van der Waals surface area contributed by atoms with E-state index in [9.17, 15) is 27.9 Å². The average Bonchev–Trinajstić information content (AvgIpc) is 2.72. The molecule has 3 amide bonds. The average molecular weight is 489 g/mol. The number of fused-ring (bicyclic) bond motifs is 2. The van der Waals surface area contributed by atoms with Crippen LogP contribution in [-0.2, 0) is 17.5 Å². The minimum atomic E-state index is -4.50. The first-order valence-corrected chi connectivity index (χ1v) is 11.1. The number of nitrogens with zero attached hydrogens (tertiary/aromatic N) is 1. The second-order valence-corrected chi connectivity index (χ2v) is 9.44. The number of benzene rings is 2. The van der Waals surface area contributed by atoms with E-state index in [-0.39, 0.29) is 18.3 Å². The van der Waals surface area contributed by atoms with E-state index in [2.05, 4.69) is 10.6 Å². The molecule has 186 valence electrons. The van der Waals surface area contributed by atoms with Crippen molar-refractivity contribution in [3.05, 3.63) is 59.2 Å². The van der Waals surface area contributed by atoms with E-state index in [1.54, 1.807) is 39.0 Å². The molecule has 4 rings (SSSR count). The number of anilines is 2. The standard InChI is InChI=1S/C25H26F3N3O4/c1-14(32)12-31-13-15-4-6-18(10-20(15)30-23(31)34)29-22(33)8-16-11-24(2,3)35-21-9-17(25(26,27)28)5-7-19(16)21/h4-10,14,32H,11-13H2,1-3H3,(H,29,33)(H,30,34)/b16-8+/t14-/m0/s1. The Balaban J connectivity index is 1.55. The Bertz CT molecular complexity index is 1200. The summed E-state index contributed by atoms with van der Waals surface area (Å²) >= 11 is 0. The topological polar surface area (TPSA) is 90.9 Å². The molecule has 1 atom stereocenters. The lowest BCUT2D eigenvalue weighted by molar-refractivity contribution is -0.137. The van der Waals surface area contributed by atoms with E-state index in [4.69, 9.17) is 4.74 Å². The summed E-state index contributed by atoms with van der Waals surface area (Å²) in [5.41, 5.74) is 1.22. The van der Waals surface area contributed by atoms with Gasteiger partial charge < -0.3 is 25.4 Å². The molecule has 0 unspecified atom stereocenters. The fourth-order valence-corrected chi connectivity index (χ4v) is 4.25. The summed E-state index contributed by atoms with van der Waals surface area (Å²) in [6.45, 7) is 5.62. The molecule has 0 radical (unpaired) electrons. The number of aliphatic hydroxyl groups excluding tert-OH is 1. The van der Waals surface area contributed by atoms with Crippen molar-refractivity contribution in [3.8, 4) is 5.75 Å². The van der Waals surface area contributed by atoms with Crippen molar-refractivity contribution in [2.24, 2.45) is 0 Å². The molecule has 7 nitrogen and oxygen atoms in total. The summed E-state index contributed by atoms with van der Waals surface area (Å²) < 4.78 is 45.2. The normalized spacial score (nSPS) is 18.8. The maximum absolute atomic E-state index is 13.1. The molecule has 2 heterocycles. The number of alkyl halides is 3. The van der Waals surface area contributed by atoms with Gasteiger partial charge in [0.25, 0.3) is 0 Å². The monoisotopic (exact) mass is 489 g/mol. The fraction of sp³-hybridized carbons (Fsp3) is 0.360. The highest BCUT2D eigenvalue weighted by Gasteiger charge is 2.35. The number of ether oxygens (including phenoxy) is 1. The number of nitrogens with one attached hydrogen (secondary N) is 2. The quantitative estimate of drug-likeness (QED) is 0.527. The first-order valence-electron chi connectivity index (χ1n) is 11.1. The first-order chi connectivity index (χ1) is 16.3. The summed E-state index contributed by atoms with van der Waals surface area (Å²) in [5.74, 6) is -0.380. The molecule has 2 aliphatic heterocycles. The van der Waals surface area contributed by atoms with E-state index in [1.807, 2.05) is 0 Å². The molecule has 2 aromatic carbocycles. The Kier molecular flexibility index (Phi) is 6.27. The van der Waals surface area contributed by atoms with Gasteiger partial charge in [-0.25, -0.2) is 4.79 Å². The fourth-order valence-electron chi connectivity index (χ4n) is 4.25. The summed E-state index contributed by atoms with van der Waals surface area (Å²) in [5, 5.41) is 15.1. The highest BCUT2D eigenvalue weighted by atomic mass is 19.4. The van der Waals surface area contributed by atoms with Crippen LogP contribution in [0.5, 0.6) is 5.75 Å². The number of hydrogen-bond acceptors (Lipinski definition) is 4. The van der Waals surface area contributed by atoms with E-state index in [0.29, 0.717) is 35.5 Å². The predicted molar refractivity (Wildman–Crippen MR) is 125 cm³/mol. The Morgan fingerprint density at radius 1 is 1.29 bits per heavy atom. The highest BCUT2D eigenvalue weighted by Crippen LogP contribution is 2.43. The Morgan fingerprint density at radius 2 is 2.03 bits per heavy atom. The van der Waals surface area contributed by atoms with Crippen LogP contribution in [0, 0.1) is 0 Å². The highest BCUT2D eigenvalue weighted by molar-refractivity contribution is 6.05. The van der Waals surface area contributed by atoms with E-state index < -0.39 is 29.4 Å². The zero-order valence-corrected chi connectivity index (χ0v) is 19.5. The minimum Gasteiger partial charge on any atom is -0.487 e. The molecule has 2 aromatic rings. The number of aliphatic hydroxyl groups is 1. The largest absolute Gasteiger partial charge is 0.487 e. The van der Waals surface area contributed by atoms with Crippen LogP contribution in [0.15, 0.2) is 42.5 Å². The maximum atomic E-state index is 13.1. The van der Waals surface area contributed by atoms with E-state index in [1.165, 1.54) is 17.0 Å². The van der Waals surface area contributed by atoms with Gasteiger partial charge in [0.2, 0.25) is 5.91 Å². The van der Waals surface area contributed by atoms with Crippen molar-refractivity contribution in [3.63, 3.8) is 0 Å². The van der Waals surface area contributed by atoms with Gasteiger partial charge in [-0.15, -0.1) is 0 Å². The molecule has 2 aliphatic rings. The lowest BCUT2D eigenvalue weighted by Gasteiger charge is -2.34. The van der Waals surface area contributed by atoms with Crippen LogP contribution in [0.25, 0.3) is 5.57 Å². The van der Waals surface area contributed by atoms with Crippen molar-refractivity contribution in [2.75, 3.05) is 17.2 Å². The van der Waals surface area contributed by atoms with Gasteiger partial charge in [0, 0.05) is 42.5 Å². The number of amides is 3. The molecular formula is C25H26F3N3O4. The van der Waals surface area contributed by atoms with Gasteiger partial charge in [-0.05, 0) is 56.2 Å². The van der Waals surface area contributed by atoms with Crippen molar-refractivity contribution in [2.45, 2.75) is 51.6 Å². The van der Waals surface area contributed by atoms with Crippen molar-refractivity contribution in [1.82, 2.24) is 4.90 Å². The molecule has 0 spiro atoms. The molecule has 0 aliphatic carbocycles. The molecule has 10 heteroatoms. The third-order valence-corrected chi connectivity index (χ3v) is 5.71. The van der Waals surface area contributed by atoms with Crippen molar-refractivity contribution in [1.29, 1.82) is 0 Å². The smallest absolute Gasteiger partial charge is 0.416 e. The molecule has 3 N–H and O–H groups in total. The van der Waals surface area contributed by atoms with Gasteiger partial charge in [-0.3, -0.25) is 4.79 Å². The van der Waals surface area contributed by atoms with Crippen LogP contribution >= 0.6 is 0 Å². The number of β-amino-alcohol motifs (C(OH)–C–C–N with tert-alkyl or cyclic N) is 1. The molecule has 35 heavy (non-hydrogen) atoms. The minimum absolute atomic E-state index is 0.0772. The number of rotatable bonds is 4. The molecule has 0 saturated heterocycles. The van der Waals surface area contributed by atoms with Crippen LogP contribution in [0.4, 0.5) is 29.3 Å². The van der Waals surface area contributed by atoms with Gasteiger partial charge >= 0.3 is 12.2 Å². The van der Waals surface area contributed by atoms with Crippen LogP contribution in [0.2, 0.25) is 0 Å². The van der Waals surface area contributed by atoms with Crippen molar-refractivity contribution >= 4 is 28.9 Å². The molecule has 0 bridgehead atoms. The molecular weight excluding hydrogens is 463 g/mol. The Labute approximate surface area is 200 Å². The summed E-state index contributed by atoms with van der Waals surface area (Å²) in [6, 6.07) is 8.01. The number of carbonyl (C=O) groups is 2. The molecule has 0 saturated carbocycles. The summed E-state index contributed by atoms with van der Waals surface area (Å²) in [6.07, 6.45) is -3.47. The lowest BCUT2D eigenvalue weighted by atomic mass is 9.88. The number of halogens is 3. The SMILES string of the molecule is C[C@H](O)CN1Cc2ccc(NC(=O)/C=C3\CC(C)(C)Oc4cc(C(F)(F)F)ccc43)cc2NC1=O. The third-order valence-electron chi connectivity index (χ3n) is 5.71. The number of carbonyl (C=O) groups excluding carboxylic acids is 2. The third kappa shape index (κ3) is 5.59. The zero-order valence-electron chi connectivity index (χ0n) is 19.5. The Morgan fingerprint density at radius 3 is 2.71 bits per heavy atom. The van der Waals surface area contributed by atoms with Gasteiger partial charge in [0.15, 0.2) is 0 Å². The van der Waals surface area contributed by atoms with Gasteiger partial charge in [-0.2, -0.15) is 13.2 Å². The van der Waals surface area contributed by atoms with Crippen LogP contribution in [0.1, 0.15) is 43.9 Å². The summed E-state index contributed by atoms with van der Waals surface area (Å²) in [4.78, 5) is 26.6. The van der Waals surface area contributed by atoms with Crippen LogP contribution in [0.3, 0.4) is 0 Å². The van der Waals surface area contributed by atoms with E-state index >= 15 is 0 Å². The first kappa shape index (κ1) is 24.6. The Hall–Kier alpha value is -3.53. The molecule has 0 aromatic heterocycles. The van der Waals surface area contributed by atoms with E-state index in [0.717, 1.165) is 17.7 Å². The lowest BCUT2D eigenvalue weighted by Crippen LogP contribution is -2.42. The van der Waals surface area contributed by atoms with Crippen molar-refractivity contribution < 1.29 is 32.6 Å². The number of hydrogen-bond donors (Lipinski definition) is 3. The zero-order chi connectivity index (χ0) is 25.5. The maximum Gasteiger partial charge on any atom is 0.416 e. The second kappa shape index (κ2) is 8.92. The predicted octanol–water partition coefficient (Wildman–Crippen LogP) is 5.02. The molecule has 0 fully saturated rings. The second-order valence-electron chi connectivity index (χ2n) is 9.44. The van der Waals surface area contributed by atoms with Crippen LogP contribution in [-0.4, -0.2) is 40.2 Å². The number of urea groups is 1. The van der Waals surface area contributed by atoms with Gasteiger partial charge in [0.1, 0.15) is 11.4 Å². The summed E-state index contributed by atoms with van der Waals surface area (Å²) in [7, 11) is 0.